The van der Waals surface area contributed by atoms with Crippen molar-refractivity contribution in [1.29, 1.82) is 0 Å². The molecule has 0 amide bonds. The third kappa shape index (κ3) is 4.30. The first-order valence-electron chi connectivity index (χ1n) is 6.39. The zero-order valence-corrected chi connectivity index (χ0v) is 13.1. The minimum absolute atomic E-state index is 0.238. The zero-order chi connectivity index (χ0) is 14.5. The van der Waals surface area contributed by atoms with Gasteiger partial charge in [-0.2, -0.15) is 0 Å². The summed E-state index contributed by atoms with van der Waals surface area (Å²) in [5.41, 5.74) is 0. The van der Waals surface area contributed by atoms with Crippen LogP contribution in [0.4, 0.5) is 0 Å². The summed E-state index contributed by atoms with van der Waals surface area (Å²) in [6, 6.07) is 1.78. The van der Waals surface area contributed by atoms with Crippen LogP contribution < -0.4 is 0 Å². The normalized spacial score (nSPS) is 11.1. The quantitative estimate of drug-likeness (QED) is 0.595. The van der Waals surface area contributed by atoms with Crippen molar-refractivity contribution >= 4 is 50.7 Å². The van der Waals surface area contributed by atoms with Crippen molar-refractivity contribution in [1.82, 2.24) is 9.97 Å². The molecule has 20 heavy (non-hydrogen) atoms. The van der Waals surface area contributed by atoms with E-state index in [1.165, 1.54) is 11.3 Å². The molecule has 0 fully saturated rings. The van der Waals surface area contributed by atoms with Gasteiger partial charge in [0.15, 0.2) is 0 Å². The van der Waals surface area contributed by atoms with E-state index in [0.29, 0.717) is 9.49 Å². The lowest BCUT2D eigenvalue weighted by atomic mass is 10.1. The number of aromatic nitrogens is 2. The van der Waals surface area contributed by atoms with Crippen LogP contribution in [0, 0.1) is 0 Å². The van der Waals surface area contributed by atoms with Gasteiger partial charge in [0.05, 0.1) is 9.72 Å². The maximum atomic E-state index is 10.4. The summed E-state index contributed by atoms with van der Waals surface area (Å²) in [4.78, 5) is 19.9. The number of carboxylic acids is 1. The molecule has 7 heteroatoms. The van der Waals surface area contributed by atoms with Crippen LogP contribution >= 0.6 is 34.5 Å². The number of aryl methyl sites for hydroxylation is 1. The number of hydrogen-bond donors (Lipinski definition) is 1. The van der Waals surface area contributed by atoms with Crippen LogP contribution in [0.25, 0.3) is 10.2 Å². The number of unbranched alkanes of at least 4 members (excludes halogenated alkanes) is 3. The number of carboxylic acid groups (broad SMARTS) is 1. The van der Waals surface area contributed by atoms with E-state index in [0.717, 1.165) is 48.1 Å². The lowest BCUT2D eigenvalue weighted by Gasteiger charge is -2.02. The molecule has 0 saturated carbocycles. The molecular weight excluding hydrogens is 319 g/mol. The van der Waals surface area contributed by atoms with E-state index in [9.17, 15) is 4.79 Å². The third-order valence-electron chi connectivity index (χ3n) is 2.90. The van der Waals surface area contributed by atoms with E-state index >= 15 is 0 Å². The monoisotopic (exact) mass is 332 g/mol. The largest absolute Gasteiger partial charge is 0.481 e. The average molecular weight is 333 g/mol. The number of fused-ring (bicyclic) bond motifs is 1. The third-order valence-corrected chi connectivity index (χ3v) is 4.35. The predicted octanol–water partition coefficient (Wildman–Crippen LogP) is 4.58. The molecule has 0 bridgehead atoms. The van der Waals surface area contributed by atoms with Crippen LogP contribution in [0.1, 0.15) is 37.9 Å². The molecule has 0 saturated heterocycles. The van der Waals surface area contributed by atoms with Gasteiger partial charge >= 0.3 is 5.97 Å². The fourth-order valence-electron chi connectivity index (χ4n) is 1.92. The summed E-state index contributed by atoms with van der Waals surface area (Å²) < 4.78 is 0.655. The fourth-order valence-corrected chi connectivity index (χ4v) is 3.33. The number of aliphatic carboxylic acids is 1. The second-order valence-corrected chi connectivity index (χ2v) is 6.53. The molecule has 2 aromatic rings. The molecule has 0 unspecified atom stereocenters. The molecule has 0 aliphatic heterocycles. The highest BCUT2D eigenvalue weighted by atomic mass is 35.5. The van der Waals surface area contributed by atoms with Gasteiger partial charge in [0.1, 0.15) is 15.8 Å². The van der Waals surface area contributed by atoms with Crippen LogP contribution in [0.2, 0.25) is 9.49 Å². The molecule has 4 nitrogen and oxygen atoms in total. The molecule has 0 aliphatic rings. The number of halogens is 2. The smallest absolute Gasteiger partial charge is 0.303 e. The molecule has 0 atom stereocenters. The summed E-state index contributed by atoms with van der Waals surface area (Å²) in [6.45, 7) is 0. The highest BCUT2D eigenvalue weighted by molar-refractivity contribution is 7.22. The summed E-state index contributed by atoms with van der Waals surface area (Å²) >= 11 is 13.4. The average Bonchev–Trinajstić information content (AvgIpc) is 2.74. The van der Waals surface area contributed by atoms with Gasteiger partial charge in [-0.25, -0.2) is 9.97 Å². The zero-order valence-electron chi connectivity index (χ0n) is 10.7. The Morgan fingerprint density at radius 1 is 1.20 bits per heavy atom. The Kier molecular flexibility index (Phi) is 5.57. The van der Waals surface area contributed by atoms with Crippen molar-refractivity contribution < 1.29 is 9.90 Å². The van der Waals surface area contributed by atoms with Gasteiger partial charge in [0.2, 0.25) is 0 Å². The van der Waals surface area contributed by atoms with E-state index in [1.54, 1.807) is 6.07 Å². The lowest BCUT2D eigenvalue weighted by molar-refractivity contribution is -0.137. The predicted molar refractivity (Wildman–Crippen MR) is 81.9 cm³/mol. The van der Waals surface area contributed by atoms with Crippen LogP contribution in [-0.2, 0) is 11.2 Å². The molecule has 0 aliphatic carbocycles. The highest BCUT2D eigenvalue weighted by Crippen LogP contribution is 2.31. The van der Waals surface area contributed by atoms with Crippen LogP contribution in [-0.4, -0.2) is 21.0 Å². The van der Waals surface area contributed by atoms with Crippen molar-refractivity contribution in [2.75, 3.05) is 0 Å². The lowest BCUT2D eigenvalue weighted by Crippen LogP contribution is -1.96. The number of nitrogens with zero attached hydrogens (tertiary/aromatic N) is 2. The van der Waals surface area contributed by atoms with Crippen molar-refractivity contribution in [3.05, 3.63) is 21.4 Å². The number of carbonyl (C=O) groups is 1. The number of thiophene rings is 1. The Bertz CT molecular complexity index is 616. The van der Waals surface area contributed by atoms with Crippen LogP contribution in [0.15, 0.2) is 6.07 Å². The van der Waals surface area contributed by atoms with Gasteiger partial charge < -0.3 is 5.11 Å². The minimum Gasteiger partial charge on any atom is -0.481 e. The SMILES string of the molecule is O=C(O)CCCCCCc1nc(Cl)c2cc(Cl)sc2n1. The molecule has 0 radical (unpaired) electrons. The van der Waals surface area contributed by atoms with Crippen LogP contribution in [0.5, 0.6) is 0 Å². The Balaban J connectivity index is 1.85. The summed E-state index contributed by atoms with van der Waals surface area (Å²) in [5, 5.41) is 9.78. The first-order chi connectivity index (χ1) is 9.56. The van der Waals surface area contributed by atoms with Crippen molar-refractivity contribution in [2.45, 2.75) is 38.5 Å². The summed E-state index contributed by atoms with van der Waals surface area (Å²) in [6.07, 6.45) is 4.52. The molecule has 2 rings (SSSR count). The van der Waals surface area contributed by atoms with Gasteiger partial charge in [-0.3, -0.25) is 4.79 Å². The van der Waals surface area contributed by atoms with Gasteiger partial charge in [-0.15, -0.1) is 11.3 Å². The van der Waals surface area contributed by atoms with Gasteiger partial charge in [0, 0.05) is 12.8 Å². The Morgan fingerprint density at radius 3 is 2.70 bits per heavy atom. The van der Waals surface area contributed by atoms with E-state index in [2.05, 4.69) is 9.97 Å². The van der Waals surface area contributed by atoms with E-state index in [4.69, 9.17) is 28.3 Å². The molecule has 2 aromatic heterocycles. The maximum absolute atomic E-state index is 10.4. The molecule has 108 valence electrons. The van der Waals surface area contributed by atoms with Crippen molar-refractivity contribution in [3.63, 3.8) is 0 Å². The van der Waals surface area contributed by atoms with E-state index in [-0.39, 0.29) is 6.42 Å². The Labute approximate surface area is 130 Å². The topological polar surface area (TPSA) is 63.1 Å². The molecular formula is C13H14Cl2N2O2S. The minimum atomic E-state index is -0.736. The van der Waals surface area contributed by atoms with Gasteiger partial charge in [-0.1, -0.05) is 36.0 Å². The molecule has 1 N–H and O–H groups in total. The van der Waals surface area contributed by atoms with E-state index in [1.807, 2.05) is 0 Å². The molecule has 0 aromatic carbocycles. The Hall–Kier alpha value is -0.910. The molecule has 0 spiro atoms. The second-order valence-electron chi connectivity index (χ2n) is 4.51. The van der Waals surface area contributed by atoms with Crippen molar-refractivity contribution in [2.24, 2.45) is 0 Å². The highest BCUT2D eigenvalue weighted by Gasteiger charge is 2.09. The van der Waals surface area contributed by atoms with Gasteiger partial charge in [-0.05, 0) is 18.9 Å². The summed E-state index contributed by atoms with van der Waals surface area (Å²) in [5.74, 6) is -0.0145. The van der Waals surface area contributed by atoms with E-state index < -0.39 is 5.97 Å². The standard InChI is InChI=1S/C13H14Cl2N2O2S/c14-9-7-8-12(15)16-10(17-13(8)20-9)5-3-1-2-4-6-11(18)19/h7H,1-6H2,(H,18,19). The van der Waals surface area contributed by atoms with Gasteiger partial charge in [0.25, 0.3) is 0 Å². The second kappa shape index (κ2) is 7.20. The molecule has 2 heterocycles. The number of hydrogen-bond acceptors (Lipinski definition) is 4. The van der Waals surface area contributed by atoms with Crippen molar-refractivity contribution in [3.8, 4) is 0 Å². The fraction of sp³-hybridized carbons (Fsp3) is 0.462. The summed E-state index contributed by atoms with van der Waals surface area (Å²) in [7, 11) is 0. The first kappa shape index (κ1) is 15.5. The Morgan fingerprint density at radius 2 is 1.95 bits per heavy atom. The first-order valence-corrected chi connectivity index (χ1v) is 7.97. The number of rotatable bonds is 7. The maximum Gasteiger partial charge on any atom is 0.303 e. The van der Waals surface area contributed by atoms with Crippen LogP contribution in [0.3, 0.4) is 0 Å².